The van der Waals surface area contributed by atoms with Crippen LogP contribution in [0.1, 0.15) is 17.3 Å². The molecule has 0 radical (unpaired) electrons. The maximum absolute atomic E-state index is 11.1. The molecule has 4 nitrogen and oxygen atoms in total. The van der Waals surface area contributed by atoms with Crippen molar-refractivity contribution >= 4 is 17.8 Å². The summed E-state index contributed by atoms with van der Waals surface area (Å²) in [4.78, 5) is 11.7. The van der Waals surface area contributed by atoms with Crippen LogP contribution in [-0.2, 0) is 9.37 Å². The smallest absolute Gasteiger partial charge is 0.161 e. The first kappa shape index (κ1) is 10.2. The molecule has 0 saturated heterocycles. The SMILES string of the molecule is CC(=O)c1ccccc1SOOO. The maximum atomic E-state index is 11.1. The van der Waals surface area contributed by atoms with E-state index in [0.29, 0.717) is 10.5 Å². The van der Waals surface area contributed by atoms with Gasteiger partial charge in [-0.3, -0.25) is 4.79 Å². The van der Waals surface area contributed by atoms with E-state index in [0.717, 1.165) is 12.0 Å². The predicted octanol–water partition coefficient (Wildman–Crippen LogP) is 2.32. The standard InChI is InChI=1S/C8H8O4S/c1-6(9)7-4-2-3-5-8(7)13-12-11-10/h2-5,10H,1H3. The van der Waals surface area contributed by atoms with Gasteiger partial charge in [-0.05, 0) is 13.0 Å². The van der Waals surface area contributed by atoms with Crippen molar-refractivity contribution in [1.82, 2.24) is 0 Å². The highest BCUT2D eigenvalue weighted by Gasteiger charge is 2.07. The summed E-state index contributed by atoms with van der Waals surface area (Å²) in [6.07, 6.45) is 0. The molecule has 5 heteroatoms. The molecule has 0 aromatic heterocycles. The van der Waals surface area contributed by atoms with Crippen LogP contribution in [0.5, 0.6) is 0 Å². The number of hydrogen-bond donors (Lipinski definition) is 1. The number of carbonyl (C=O) groups is 1. The van der Waals surface area contributed by atoms with E-state index in [2.05, 4.69) is 9.37 Å². The van der Waals surface area contributed by atoms with Crippen molar-refractivity contribution in [2.75, 3.05) is 0 Å². The summed E-state index contributed by atoms with van der Waals surface area (Å²) in [7, 11) is 0. The van der Waals surface area contributed by atoms with E-state index in [4.69, 9.17) is 5.26 Å². The molecule has 70 valence electrons. The summed E-state index contributed by atoms with van der Waals surface area (Å²) in [6.45, 7) is 1.46. The lowest BCUT2D eigenvalue weighted by Crippen LogP contribution is -1.94. The quantitative estimate of drug-likeness (QED) is 0.350. The van der Waals surface area contributed by atoms with Gasteiger partial charge in [-0.1, -0.05) is 23.2 Å². The minimum Gasteiger partial charge on any atom is -0.294 e. The van der Waals surface area contributed by atoms with Gasteiger partial charge in [-0.2, -0.15) is 0 Å². The molecular formula is C8H8O4S. The summed E-state index contributed by atoms with van der Waals surface area (Å²) >= 11 is 0.782. The summed E-state index contributed by atoms with van der Waals surface area (Å²) in [5.41, 5.74) is 0.532. The highest BCUT2D eigenvalue weighted by molar-refractivity contribution is 7.94. The first-order valence-corrected chi connectivity index (χ1v) is 4.24. The van der Waals surface area contributed by atoms with Crippen molar-refractivity contribution in [3.8, 4) is 0 Å². The third kappa shape index (κ3) is 2.82. The maximum Gasteiger partial charge on any atom is 0.161 e. The molecule has 0 atom stereocenters. The van der Waals surface area contributed by atoms with Gasteiger partial charge in [-0.25, -0.2) is 5.26 Å². The van der Waals surface area contributed by atoms with Crippen molar-refractivity contribution in [1.29, 1.82) is 0 Å². The van der Waals surface area contributed by atoms with E-state index in [1.807, 2.05) is 0 Å². The van der Waals surface area contributed by atoms with Crippen LogP contribution >= 0.6 is 12.0 Å². The summed E-state index contributed by atoms with van der Waals surface area (Å²) in [6, 6.07) is 6.88. The number of rotatable bonds is 4. The van der Waals surface area contributed by atoms with Gasteiger partial charge < -0.3 is 0 Å². The molecule has 0 amide bonds. The average molecular weight is 200 g/mol. The Labute approximate surface area is 79.5 Å². The minimum atomic E-state index is -0.0651. The first-order chi connectivity index (χ1) is 6.25. The predicted molar refractivity (Wildman–Crippen MR) is 47.1 cm³/mol. The monoisotopic (exact) mass is 200 g/mol. The zero-order chi connectivity index (χ0) is 9.68. The Morgan fingerprint density at radius 3 is 2.77 bits per heavy atom. The van der Waals surface area contributed by atoms with Crippen LogP contribution in [0.25, 0.3) is 0 Å². The molecular weight excluding hydrogens is 192 g/mol. The largest absolute Gasteiger partial charge is 0.294 e. The van der Waals surface area contributed by atoms with Crippen LogP contribution in [0.15, 0.2) is 29.2 Å². The molecule has 13 heavy (non-hydrogen) atoms. The van der Waals surface area contributed by atoms with Crippen LogP contribution in [0, 0.1) is 0 Å². The van der Waals surface area contributed by atoms with Crippen LogP contribution in [0.3, 0.4) is 0 Å². The van der Waals surface area contributed by atoms with E-state index in [-0.39, 0.29) is 5.78 Å². The third-order valence-electron chi connectivity index (χ3n) is 1.42. The van der Waals surface area contributed by atoms with Crippen molar-refractivity contribution in [2.45, 2.75) is 11.8 Å². The highest BCUT2D eigenvalue weighted by atomic mass is 32.2. The third-order valence-corrected chi connectivity index (χ3v) is 2.09. The molecule has 0 saturated carbocycles. The van der Waals surface area contributed by atoms with E-state index in [1.54, 1.807) is 24.3 Å². The second kappa shape index (κ2) is 4.98. The van der Waals surface area contributed by atoms with Gasteiger partial charge >= 0.3 is 0 Å². The number of ketones is 1. The molecule has 1 aromatic carbocycles. The average Bonchev–Trinajstić information content (AvgIpc) is 2.15. The summed E-state index contributed by atoms with van der Waals surface area (Å²) in [5.74, 6) is -0.0651. The Morgan fingerprint density at radius 1 is 1.46 bits per heavy atom. The van der Waals surface area contributed by atoms with Gasteiger partial charge in [0.1, 0.15) is 0 Å². The molecule has 1 rings (SSSR count). The highest BCUT2D eigenvalue weighted by Crippen LogP contribution is 2.23. The van der Waals surface area contributed by atoms with E-state index in [1.165, 1.54) is 6.92 Å². The molecule has 0 spiro atoms. The van der Waals surface area contributed by atoms with Gasteiger partial charge in [0, 0.05) is 10.5 Å². The van der Waals surface area contributed by atoms with Crippen LogP contribution in [-0.4, -0.2) is 11.0 Å². The lowest BCUT2D eigenvalue weighted by Gasteiger charge is -2.02. The molecule has 0 fully saturated rings. The van der Waals surface area contributed by atoms with Gasteiger partial charge in [-0.15, -0.1) is 4.33 Å². The molecule has 1 N–H and O–H groups in total. The zero-order valence-corrected chi connectivity index (χ0v) is 7.71. The molecule has 0 aliphatic carbocycles. The van der Waals surface area contributed by atoms with Crippen LogP contribution in [0.4, 0.5) is 0 Å². The van der Waals surface area contributed by atoms with Crippen LogP contribution < -0.4 is 0 Å². The van der Waals surface area contributed by atoms with E-state index < -0.39 is 0 Å². The molecule has 0 aliphatic rings. The fourth-order valence-corrected chi connectivity index (χ4v) is 1.42. The second-order valence-electron chi connectivity index (χ2n) is 2.28. The van der Waals surface area contributed by atoms with Crippen molar-refractivity contribution in [3.63, 3.8) is 0 Å². The Hall–Kier alpha value is -0.880. The van der Waals surface area contributed by atoms with Gasteiger partial charge in [0.25, 0.3) is 0 Å². The lowest BCUT2D eigenvalue weighted by molar-refractivity contribution is -0.432. The Morgan fingerprint density at radius 2 is 2.15 bits per heavy atom. The fourth-order valence-electron chi connectivity index (χ4n) is 0.882. The van der Waals surface area contributed by atoms with E-state index >= 15 is 0 Å². The van der Waals surface area contributed by atoms with E-state index in [9.17, 15) is 4.79 Å². The lowest BCUT2D eigenvalue weighted by atomic mass is 10.1. The first-order valence-electron chi connectivity index (χ1n) is 3.50. The number of Topliss-reactive ketones (excluding diaryl/α,β-unsaturated/α-hetero) is 1. The fraction of sp³-hybridized carbons (Fsp3) is 0.125. The Bertz CT molecular complexity index is 300. The zero-order valence-electron chi connectivity index (χ0n) is 6.89. The molecule has 0 heterocycles. The van der Waals surface area contributed by atoms with Crippen molar-refractivity contribution in [2.24, 2.45) is 0 Å². The Balaban J connectivity index is 2.84. The van der Waals surface area contributed by atoms with Crippen LogP contribution in [0.2, 0.25) is 0 Å². The molecule has 0 unspecified atom stereocenters. The molecule has 0 aliphatic heterocycles. The van der Waals surface area contributed by atoms with Crippen molar-refractivity contribution in [3.05, 3.63) is 29.8 Å². The van der Waals surface area contributed by atoms with Gasteiger partial charge in [0.05, 0.1) is 12.0 Å². The number of carbonyl (C=O) groups excluding carboxylic acids is 1. The van der Waals surface area contributed by atoms with Gasteiger partial charge in [0.15, 0.2) is 5.78 Å². The molecule has 1 aromatic rings. The number of hydrogen-bond acceptors (Lipinski definition) is 5. The minimum absolute atomic E-state index is 0.0651. The normalized spacial score (nSPS) is 10.0. The number of benzene rings is 1. The van der Waals surface area contributed by atoms with Crippen molar-refractivity contribution < 1.29 is 19.4 Å². The van der Waals surface area contributed by atoms with Gasteiger partial charge in [0.2, 0.25) is 0 Å². The Kier molecular flexibility index (Phi) is 3.91. The summed E-state index contributed by atoms with van der Waals surface area (Å²) in [5, 5.41) is 11.4. The molecule has 0 bridgehead atoms. The second-order valence-corrected chi connectivity index (χ2v) is 3.02. The summed E-state index contributed by atoms with van der Waals surface area (Å²) < 4.78 is 4.23. The topological polar surface area (TPSA) is 55.8 Å².